The van der Waals surface area contributed by atoms with Crippen LogP contribution in [0.15, 0.2) is 24.3 Å². The second-order valence-corrected chi connectivity index (χ2v) is 12.6. The summed E-state index contributed by atoms with van der Waals surface area (Å²) in [5.74, 6) is -0.794. The van der Waals surface area contributed by atoms with E-state index in [0.29, 0.717) is 30.4 Å². The van der Waals surface area contributed by atoms with Gasteiger partial charge in [0.05, 0.1) is 23.0 Å². The number of fused-ring (bicyclic) bond motifs is 1. The molecule has 2 amide bonds. The lowest BCUT2D eigenvalue weighted by Gasteiger charge is -2.35. The fraction of sp³-hybridized carbons (Fsp3) is 0.500. The van der Waals surface area contributed by atoms with Crippen LogP contribution in [0.5, 0.6) is 0 Å². The molecule has 2 aromatic rings. The topological polar surface area (TPSA) is 171 Å². The predicted molar refractivity (Wildman–Crippen MR) is 131 cm³/mol. The average molecular weight is 515 g/mol. The minimum atomic E-state index is -3.82. The zero-order valence-electron chi connectivity index (χ0n) is 20.3. The standard InChI is InChI=1S/C24H30N6O5S/c1-23(13-26,15-31)36(34,35)24(8-9-24)14-30-10-7-18-19(28-29(2)20(18)22(30)33)21(32)27-12-17-5-3-16(11-25)4-6-17/h3-6,31H,7-10,12-15,26H2,1-2H3,(H,27,32)/t23-/m0/s1. The van der Waals surface area contributed by atoms with Crippen LogP contribution in [0.3, 0.4) is 0 Å². The van der Waals surface area contributed by atoms with E-state index in [9.17, 15) is 23.1 Å². The fourth-order valence-electron chi connectivity index (χ4n) is 4.65. The van der Waals surface area contributed by atoms with Gasteiger partial charge in [0.15, 0.2) is 15.5 Å². The molecule has 4 N–H and O–H groups in total. The smallest absolute Gasteiger partial charge is 0.272 e. The third kappa shape index (κ3) is 4.17. The third-order valence-corrected chi connectivity index (χ3v) is 10.6. The van der Waals surface area contributed by atoms with Gasteiger partial charge in [-0.25, -0.2) is 8.42 Å². The number of nitriles is 1. The fourth-order valence-corrected chi connectivity index (χ4v) is 7.05. The van der Waals surface area contributed by atoms with E-state index in [1.165, 1.54) is 16.5 Å². The Kier molecular flexibility index (Phi) is 6.68. The Morgan fingerprint density at radius 3 is 2.56 bits per heavy atom. The van der Waals surface area contributed by atoms with Crippen molar-refractivity contribution in [2.75, 3.05) is 26.2 Å². The summed E-state index contributed by atoms with van der Waals surface area (Å²) < 4.78 is 25.5. The van der Waals surface area contributed by atoms with Crippen molar-refractivity contribution in [3.05, 3.63) is 52.3 Å². The molecule has 2 aliphatic rings. The number of hydrogen-bond donors (Lipinski definition) is 3. The maximum absolute atomic E-state index is 13.4. The molecular formula is C24H30N6O5S. The summed E-state index contributed by atoms with van der Waals surface area (Å²) in [6, 6.07) is 8.88. The molecule has 4 rings (SSSR count). The highest BCUT2D eigenvalue weighted by molar-refractivity contribution is 7.94. The predicted octanol–water partition coefficient (Wildman–Crippen LogP) is -0.123. The summed E-state index contributed by atoms with van der Waals surface area (Å²) in [5, 5.41) is 25.7. The van der Waals surface area contributed by atoms with E-state index >= 15 is 0 Å². The molecule has 0 radical (unpaired) electrons. The van der Waals surface area contributed by atoms with Gasteiger partial charge in [0.1, 0.15) is 10.4 Å². The lowest BCUT2D eigenvalue weighted by atomic mass is 10.0. The summed E-state index contributed by atoms with van der Waals surface area (Å²) in [5.41, 5.74) is 8.00. The van der Waals surface area contributed by atoms with E-state index < -0.39 is 31.8 Å². The number of rotatable bonds is 9. The zero-order valence-corrected chi connectivity index (χ0v) is 21.1. The SMILES string of the molecule is Cn1nc(C(=O)NCc2ccc(C#N)cc2)c2c1C(=O)N(CC1(S(=O)(=O)[C@@](C)(CN)CO)CC1)CC2. The Labute approximate surface area is 209 Å². The third-order valence-electron chi connectivity index (χ3n) is 7.29. The number of sulfone groups is 1. The molecule has 1 aliphatic heterocycles. The number of aromatic nitrogens is 2. The van der Waals surface area contributed by atoms with Crippen LogP contribution in [-0.4, -0.2) is 75.8 Å². The number of benzene rings is 1. The number of aliphatic hydroxyl groups excluding tert-OH is 1. The largest absolute Gasteiger partial charge is 0.395 e. The van der Waals surface area contributed by atoms with Crippen molar-refractivity contribution >= 4 is 21.7 Å². The number of amides is 2. The molecule has 1 aliphatic carbocycles. The highest BCUT2D eigenvalue weighted by atomic mass is 32.2. The van der Waals surface area contributed by atoms with E-state index in [4.69, 9.17) is 11.0 Å². The van der Waals surface area contributed by atoms with Crippen LogP contribution in [0.2, 0.25) is 0 Å². The van der Waals surface area contributed by atoms with Gasteiger partial charge in [-0.05, 0) is 43.9 Å². The van der Waals surface area contributed by atoms with Crippen molar-refractivity contribution < 1.29 is 23.1 Å². The van der Waals surface area contributed by atoms with E-state index in [0.717, 1.165) is 5.56 Å². The summed E-state index contributed by atoms with van der Waals surface area (Å²) in [4.78, 5) is 27.8. The van der Waals surface area contributed by atoms with Crippen LogP contribution in [0.1, 0.15) is 57.4 Å². The summed E-state index contributed by atoms with van der Waals surface area (Å²) in [6.07, 6.45) is 1.16. The molecule has 1 saturated carbocycles. The Morgan fingerprint density at radius 2 is 2.00 bits per heavy atom. The van der Waals surface area contributed by atoms with Crippen LogP contribution in [-0.2, 0) is 29.9 Å². The lowest BCUT2D eigenvalue weighted by Crippen LogP contribution is -2.55. The lowest BCUT2D eigenvalue weighted by molar-refractivity contribution is 0.0724. The van der Waals surface area contributed by atoms with Crippen LogP contribution in [0.4, 0.5) is 0 Å². The first-order valence-corrected chi connectivity index (χ1v) is 13.2. The maximum atomic E-state index is 13.4. The summed E-state index contributed by atoms with van der Waals surface area (Å²) in [7, 11) is -2.24. The van der Waals surface area contributed by atoms with E-state index in [-0.39, 0.29) is 43.5 Å². The first kappa shape index (κ1) is 25.8. The second-order valence-electron chi connectivity index (χ2n) is 9.77. The van der Waals surface area contributed by atoms with E-state index in [1.54, 1.807) is 31.3 Å². The molecule has 36 heavy (non-hydrogen) atoms. The molecular weight excluding hydrogens is 484 g/mol. The summed E-state index contributed by atoms with van der Waals surface area (Å²) >= 11 is 0. The van der Waals surface area contributed by atoms with Gasteiger partial charge in [0, 0.05) is 38.8 Å². The average Bonchev–Trinajstić information content (AvgIpc) is 3.60. The van der Waals surface area contributed by atoms with Crippen molar-refractivity contribution in [1.82, 2.24) is 20.0 Å². The molecule has 12 heteroatoms. The number of nitrogens with zero attached hydrogens (tertiary/aromatic N) is 4. The number of hydrogen-bond acceptors (Lipinski definition) is 8. The van der Waals surface area contributed by atoms with Crippen LogP contribution < -0.4 is 11.1 Å². The molecule has 192 valence electrons. The Balaban J connectivity index is 1.50. The van der Waals surface area contributed by atoms with Gasteiger partial charge in [0.2, 0.25) is 0 Å². The molecule has 11 nitrogen and oxygen atoms in total. The van der Waals surface area contributed by atoms with Crippen molar-refractivity contribution in [3.63, 3.8) is 0 Å². The Morgan fingerprint density at radius 1 is 1.33 bits per heavy atom. The van der Waals surface area contributed by atoms with Crippen molar-refractivity contribution in [1.29, 1.82) is 5.26 Å². The van der Waals surface area contributed by atoms with Crippen molar-refractivity contribution in [2.45, 2.75) is 42.2 Å². The normalized spacial score (nSPS) is 18.2. The van der Waals surface area contributed by atoms with Crippen molar-refractivity contribution in [2.24, 2.45) is 12.8 Å². The van der Waals surface area contributed by atoms with Gasteiger partial charge in [0.25, 0.3) is 11.8 Å². The Bertz CT molecular complexity index is 1330. The molecule has 1 atom stereocenters. The van der Waals surface area contributed by atoms with Gasteiger partial charge >= 0.3 is 0 Å². The zero-order chi connectivity index (χ0) is 26.3. The molecule has 0 unspecified atom stereocenters. The van der Waals surface area contributed by atoms with E-state index in [2.05, 4.69) is 10.4 Å². The minimum absolute atomic E-state index is 0.00853. The number of carbonyl (C=O) groups is 2. The number of carbonyl (C=O) groups excluding carboxylic acids is 2. The number of aliphatic hydroxyl groups is 1. The van der Waals surface area contributed by atoms with E-state index in [1.807, 2.05) is 6.07 Å². The molecule has 0 bridgehead atoms. The highest BCUT2D eigenvalue weighted by Gasteiger charge is 2.61. The summed E-state index contributed by atoms with van der Waals surface area (Å²) in [6.45, 7) is 1.13. The first-order valence-electron chi connectivity index (χ1n) is 11.7. The van der Waals surface area contributed by atoms with Gasteiger partial charge in [-0.15, -0.1) is 0 Å². The quantitative estimate of drug-likeness (QED) is 0.415. The molecule has 2 heterocycles. The Hall–Kier alpha value is -3.27. The highest BCUT2D eigenvalue weighted by Crippen LogP contribution is 2.49. The maximum Gasteiger partial charge on any atom is 0.272 e. The van der Waals surface area contributed by atoms with Crippen LogP contribution in [0, 0.1) is 11.3 Å². The van der Waals surface area contributed by atoms with Gasteiger partial charge in [-0.3, -0.25) is 14.3 Å². The molecule has 1 aromatic heterocycles. The monoisotopic (exact) mass is 514 g/mol. The second kappa shape index (κ2) is 9.31. The minimum Gasteiger partial charge on any atom is -0.395 e. The number of nitrogens with one attached hydrogen (secondary N) is 1. The van der Waals surface area contributed by atoms with Crippen LogP contribution >= 0.6 is 0 Å². The first-order chi connectivity index (χ1) is 17.0. The van der Waals surface area contributed by atoms with Gasteiger partial charge in [-0.1, -0.05) is 12.1 Å². The molecule has 0 saturated heterocycles. The number of nitrogens with two attached hydrogens (primary N) is 1. The number of aryl methyl sites for hydroxylation is 1. The van der Waals surface area contributed by atoms with Crippen LogP contribution in [0.25, 0.3) is 0 Å². The molecule has 0 spiro atoms. The van der Waals surface area contributed by atoms with Gasteiger partial charge in [-0.2, -0.15) is 10.4 Å². The van der Waals surface area contributed by atoms with Crippen molar-refractivity contribution in [3.8, 4) is 6.07 Å². The van der Waals surface area contributed by atoms with Gasteiger partial charge < -0.3 is 21.1 Å². The molecule has 1 aromatic carbocycles. The molecule has 1 fully saturated rings.